The van der Waals surface area contributed by atoms with Crippen molar-refractivity contribution in [3.05, 3.63) is 54.1 Å². The highest BCUT2D eigenvalue weighted by Crippen LogP contribution is 2.24. The molecule has 5 nitrogen and oxygen atoms in total. The summed E-state index contributed by atoms with van der Waals surface area (Å²) in [6.45, 7) is 8.32. The molecule has 0 bridgehead atoms. The lowest BCUT2D eigenvalue weighted by Crippen LogP contribution is -2.32. The maximum atomic E-state index is 12.3. The number of rotatable bonds is 6. The summed E-state index contributed by atoms with van der Waals surface area (Å²) in [6.07, 6.45) is 0.232. The number of carbonyl (C=O) groups is 2. The van der Waals surface area contributed by atoms with Gasteiger partial charge in [-0.3, -0.25) is 9.59 Å². The normalized spacial score (nSPS) is 11.1. The van der Waals surface area contributed by atoms with E-state index in [9.17, 15) is 9.59 Å². The average Bonchev–Trinajstić information content (AvgIpc) is 2.61. The van der Waals surface area contributed by atoms with Crippen LogP contribution in [-0.4, -0.2) is 32.5 Å². The number of amides is 2. The molecule has 0 spiro atoms. The van der Waals surface area contributed by atoms with E-state index in [2.05, 4.69) is 26.1 Å². The molecule has 2 aromatic carbocycles. The van der Waals surface area contributed by atoms with Crippen LogP contribution in [0.4, 0.5) is 17.1 Å². The standard InChI is InChI=1S/C23H31N3O2/c1-17(27)26(21-13-11-20(12-14-21)25(5)6)16-15-22(28)24-19-9-7-18(8-10-19)23(2,3)4/h7-14H,15-16H2,1-6H3,(H,24,28). The number of hydrogen-bond donors (Lipinski definition) is 1. The van der Waals surface area contributed by atoms with Crippen LogP contribution < -0.4 is 15.1 Å². The average molecular weight is 382 g/mol. The monoisotopic (exact) mass is 381 g/mol. The van der Waals surface area contributed by atoms with E-state index >= 15 is 0 Å². The fraction of sp³-hybridized carbons (Fsp3) is 0.391. The van der Waals surface area contributed by atoms with Crippen LogP contribution in [0.3, 0.4) is 0 Å². The highest BCUT2D eigenvalue weighted by molar-refractivity contribution is 5.94. The lowest BCUT2D eigenvalue weighted by Gasteiger charge is -2.22. The van der Waals surface area contributed by atoms with Crippen molar-refractivity contribution in [3.8, 4) is 0 Å². The van der Waals surface area contributed by atoms with Crippen LogP contribution in [0.2, 0.25) is 0 Å². The van der Waals surface area contributed by atoms with Gasteiger partial charge in [0, 0.05) is 51.0 Å². The molecule has 0 saturated carbocycles. The number of anilines is 3. The van der Waals surface area contributed by atoms with Gasteiger partial charge >= 0.3 is 0 Å². The van der Waals surface area contributed by atoms with Crippen molar-refractivity contribution < 1.29 is 9.59 Å². The Morgan fingerprint density at radius 3 is 1.89 bits per heavy atom. The number of nitrogens with one attached hydrogen (secondary N) is 1. The largest absolute Gasteiger partial charge is 0.378 e. The molecule has 0 saturated heterocycles. The predicted molar refractivity (Wildman–Crippen MR) is 117 cm³/mol. The summed E-state index contributed by atoms with van der Waals surface area (Å²) in [5.41, 5.74) is 3.91. The lowest BCUT2D eigenvalue weighted by atomic mass is 9.87. The van der Waals surface area contributed by atoms with Gasteiger partial charge in [-0.15, -0.1) is 0 Å². The molecule has 2 amide bonds. The molecule has 0 atom stereocenters. The van der Waals surface area contributed by atoms with Crippen molar-refractivity contribution >= 4 is 28.9 Å². The molecule has 0 aliphatic heterocycles. The first kappa shape index (κ1) is 21.5. The SMILES string of the molecule is CC(=O)N(CCC(=O)Nc1ccc(C(C)(C)C)cc1)c1ccc(N(C)C)cc1. The summed E-state index contributed by atoms with van der Waals surface area (Å²) < 4.78 is 0. The fourth-order valence-electron chi connectivity index (χ4n) is 2.89. The minimum atomic E-state index is -0.111. The number of benzene rings is 2. The molecule has 2 rings (SSSR count). The van der Waals surface area contributed by atoms with E-state index < -0.39 is 0 Å². The third kappa shape index (κ3) is 5.84. The van der Waals surface area contributed by atoms with Crippen molar-refractivity contribution in [2.24, 2.45) is 0 Å². The van der Waals surface area contributed by atoms with Gasteiger partial charge in [0.1, 0.15) is 0 Å². The summed E-state index contributed by atoms with van der Waals surface area (Å²) >= 11 is 0. The third-order valence-electron chi connectivity index (χ3n) is 4.66. The van der Waals surface area contributed by atoms with E-state index in [0.29, 0.717) is 6.54 Å². The van der Waals surface area contributed by atoms with E-state index in [0.717, 1.165) is 17.1 Å². The minimum absolute atomic E-state index is 0.0761. The second-order valence-electron chi connectivity index (χ2n) is 8.21. The van der Waals surface area contributed by atoms with Crippen molar-refractivity contribution in [1.82, 2.24) is 0 Å². The van der Waals surface area contributed by atoms with Gasteiger partial charge in [-0.05, 0) is 47.4 Å². The summed E-state index contributed by atoms with van der Waals surface area (Å²) in [5.74, 6) is -0.195. The molecule has 2 aromatic rings. The van der Waals surface area contributed by atoms with Crippen LogP contribution >= 0.6 is 0 Å². The highest BCUT2D eigenvalue weighted by Gasteiger charge is 2.15. The van der Waals surface area contributed by atoms with Crippen molar-refractivity contribution in [3.63, 3.8) is 0 Å². The number of nitrogens with zero attached hydrogens (tertiary/aromatic N) is 2. The molecule has 150 valence electrons. The van der Waals surface area contributed by atoms with Crippen LogP contribution in [-0.2, 0) is 15.0 Å². The predicted octanol–water partition coefficient (Wildman–Crippen LogP) is 4.43. The zero-order valence-corrected chi connectivity index (χ0v) is 17.7. The fourth-order valence-corrected chi connectivity index (χ4v) is 2.89. The Balaban J connectivity index is 1.97. The van der Waals surface area contributed by atoms with Gasteiger partial charge in [0.2, 0.25) is 11.8 Å². The first-order chi connectivity index (χ1) is 13.1. The minimum Gasteiger partial charge on any atom is -0.378 e. The third-order valence-corrected chi connectivity index (χ3v) is 4.66. The van der Waals surface area contributed by atoms with E-state index in [4.69, 9.17) is 0 Å². The van der Waals surface area contributed by atoms with Gasteiger partial charge in [0.05, 0.1) is 0 Å². The molecule has 0 aromatic heterocycles. The van der Waals surface area contributed by atoms with Crippen LogP contribution in [0.25, 0.3) is 0 Å². The molecule has 0 unspecified atom stereocenters. The van der Waals surface area contributed by atoms with Crippen LogP contribution in [0.5, 0.6) is 0 Å². The quantitative estimate of drug-likeness (QED) is 0.805. The first-order valence-electron chi connectivity index (χ1n) is 9.54. The first-order valence-corrected chi connectivity index (χ1v) is 9.54. The van der Waals surface area contributed by atoms with Gasteiger partial charge in [-0.1, -0.05) is 32.9 Å². The summed E-state index contributed by atoms with van der Waals surface area (Å²) in [7, 11) is 3.94. The Labute approximate surface area is 168 Å². The number of hydrogen-bond acceptors (Lipinski definition) is 3. The zero-order valence-electron chi connectivity index (χ0n) is 17.7. The molecule has 5 heteroatoms. The molecule has 1 N–H and O–H groups in total. The molecule has 0 radical (unpaired) electrons. The Morgan fingerprint density at radius 1 is 0.893 bits per heavy atom. The molecular weight excluding hydrogens is 350 g/mol. The smallest absolute Gasteiger partial charge is 0.226 e. The topological polar surface area (TPSA) is 52.7 Å². The van der Waals surface area contributed by atoms with Crippen molar-refractivity contribution in [2.45, 2.75) is 39.5 Å². The Bertz CT molecular complexity index is 803. The Hall–Kier alpha value is -2.82. The van der Waals surface area contributed by atoms with Gasteiger partial charge in [-0.25, -0.2) is 0 Å². The Kier molecular flexibility index (Phi) is 6.84. The van der Waals surface area contributed by atoms with E-state index in [1.54, 1.807) is 4.90 Å². The summed E-state index contributed by atoms with van der Waals surface area (Å²) in [4.78, 5) is 28.0. The second-order valence-corrected chi connectivity index (χ2v) is 8.21. The highest BCUT2D eigenvalue weighted by atomic mass is 16.2. The molecule has 0 fully saturated rings. The van der Waals surface area contributed by atoms with Gasteiger partial charge < -0.3 is 15.1 Å². The molecule has 28 heavy (non-hydrogen) atoms. The molecular formula is C23H31N3O2. The van der Waals surface area contributed by atoms with Crippen LogP contribution in [0.15, 0.2) is 48.5 Å². The van der Waals surface area contributed by atoms with Gasteiger partial charge in [0.15, 0.2) is 0 Å². The number of carbonyl (C=O) groups excluding carboxylic acids is 2. The summed E-state index contributed by atoms with van der Waals surface area (Å²) in [6, 6.07) is 15.6. The molecule has 0 heterocycles. The molecule has 0 aliphatic carbocycles. The van der Waals surface area contributed by atoms with Crippen molar-refractivity contribution in [2.75, 3.05) is 35.8 Å². The second kappa shape index (κ2) is 8.91. The van der Waals surface area contributed by atoms with Crippen LogP contribution in [0, 0.1) is 0 Å². The van der Waals surface area contributed by atoms with Crippen molar-refractivity contribution in [1.29, 1.82) is 0 Å². The molecule has 0 aliphatic rings. The summed E-state index contributed by atoms with van der Waals surface area (Å²) in [5, 5.41) is 2.91. The lowest BCUT2D eigenvalue weighted by molar-refractivity contribution is -0.117. The van der Waals surface area contributed by atoms with Gasteiger partial charge in [-0.2, -0.15) is 0 Å². The maximum absolute atomic E-state index is 12.3. The van der Waals surface area contributed by atoms with Gasteiger partial charge in [0.25, 0.3) is 0 Å². The maximum Gasteiger partial charge on any atom is 0.226 e. The van der Waals surface area contributed by atoms with E-state index in [1.807, 2.05) is 67.5 Å². The van der Waals surface area contributed by atoms with E-state index in [-0.39, 0.29) is 23.7 Å². The van der Waals surface area contributed by atoms with Crippen LogP contribution in [0.1, 0.15) is 39.7 Å². The Morgan fingerprint density at radius 2 is 1.43 bits per heavy atom. The zero-order chi connectivity index (χ0) is 20.9. The van der Waals surface area contributed by atoms with E-state index in [1.165, 1.54) is 12.5 Å².